The lowest BCUT2D eigenvalue weighted by Crippen LogP contribution is -2.51. The Balaban J connectivity index is 1.22. The lowest BCUT2D eigenvalue weighted by atomic mass is 10.1. The van der Waals surface area contributed by atoms with Gasteiger partial charge in [-0.25, -0.2) is 22.0 Å². The summed E-state index contributed by atoms with van der Waals surface area (Å²) in [7, 11) is -7.41. The van der Waals surface area contributed by atoms with Gasteiger partial charge in [-0.1, -0.05) is 12.1 Å². The van der Waals surface area contributed by atoms with Crippen molar-refractivity contribution in [1.29, 1.82) is 0 Å². The maximum absolute atomic E-state index is 13.0. The molecule has 1 saturated heterocycles. The Kier molecular flexibility index (Phi) is 7.62. The number of nitrogens with zero attached hydrogens (tertiary/aromatic N) is 2. The zero-order valence-electron chi connectivity index (χ0n) is 19.1. The lowest BCUT2D eigenvalue weighted by molar-refractivity contribution is -0.122. The fourth-order valence-corrected chi connectivity index (χ4v) is 5.87. The van der Waals surface area contributed by atoms with E-state index in [1.807, 2.05) is 4.90 Å². The second-order valence-electron chi connectivity index (χ2n) is 8.27. The molecule has 2 aromatic rings. The summed E-state index contributed by atoms with van der Waals surface area (Å²) in [5, 5.41) is 7.93. The van der Waals surface area contributed by atoms with Gasteiger partial charge in [0.15, 0.2) is 11.5 Å². The Hall–Kier alpha value is -2.71. The molecule has 1 fully saturated rings. The average Bonchev–Trinajstić information content (AvgIpc) is 2.84. The fraction of sp³-hybridized carbons (Fsp3) is 0.409. The number of nitrogens with one attached hydrogen (secondary N) is 1. The van der Waals surface area contributed by atoms with Gasteiger partial charge in [0, 0.05) is 38.8 Å². The predicted octanol–water partition coefficient (Wildman–Crippen LogP) is -0.230. The first-order chi connectivity index (χ1) is 16.6. The SMILES string of the molecule is NS(=O)(=O)c1ccc(CCNC(=O)CN2CCN(S(=O)(=O)c3ccc4c(c3)OCCO4)CC2)cc1. The number of rotatable bonds is 8. The van der Waals surface area contributed by atoms with Gasteiger partial charge in [0.2, 0.25) is 26.0 Å². The van der Waals surface area contributed by atoms with Crippen LogP contribution in [0.2, 0.25) is 0 Å². The minimum atomic E-state index is -3.73. The van der Waals surface area contributed by atoms with Crippen molar-refractivity contribution >= 4 is 26.0 Å². The van der Waals surface area contributed by atoms with Crippen LogP contribution in [0.1, 0.15) is 5.56 Å². The summed E-state index contributed by atoms with van der Waals surface area (Å²) >= 11 is 0. The predicted molar refractivity (Wildman–Crippen MR) is 127 cm³/mol. The molecule has 0 atom stereocenters. The number of benzene rings is 2. The van der Waals surface area contributed by atoms with Gasteiger partial charge in [0.1, 0.15) is 13.2 Å². The van der Waals surface area contributed by atoms with Gasteiger partial charge in [-0.3, -0.25) is 9.69 Å². The number of fused-ring (bicyclic) bond motifs is 1. The molecule has 35 heavy (non-hydrogen) atoms. The Bertz CT molecular complexity index is 1270. The number of carbonyl (C=O) groups excluding carboxylic acids is 1. The standard InChI is InChI=1S/C22H28N4O7S2/c23-34(28,29)18-3-1-17(2-4-18)7-8-24-22(27)16-25-9-11-26(12-10-25)35(30,31)19-5-6-20-21(15-19)33-14-13-32-20/h1-6,15H,7-14,16H2,(H,24,27)(H2,23,28,29). The minimum absolute atomic E-state index is 0.0421. The number of nitrogens with two attached hydrogens (primary N) is 1. The highest BCUT2D eigenvalue weighted by Gasteiger charge is 2.30. The second kappa shape index (κ2) is 10.5. The topological polar surface area (TPSA) is 148 Å². The van der Waals surface area contributed by atoms with Crippen LogP contribution in [0, 0.1) is 0 Å². The molecular weight excluding hydrogens is 496 g/mol. The first kappa shape index (κ1) is 25.4. The summed E-state index contributed by atoms with van der Waals surface area (Å²) in [6.07, 6.45) is 0.540. The summed E-state index contributed by atoms with van der Waals surface area (Å²) in [6, 6.07) is 10.8. The number of ether oxygens (including phenoxy) is 2. The van der Waals surface area contributed by atoms with Crippen LogP contribution in [0.5, 0.6) is 11.5 Å². The highest BCUT2D eigenvalue weighted by molar-refractivity contribution is 7.89. The summed E-state index contributed by atoms with van der Waals surface area (Å²) in [4.78, 5) is 14.4. The van der Waals surface area contributed by atoms with Crippen LogP contribution in [0.4, 0.5) is 0 Å². The van der Waals surface area contributed by atoms with Crippen molar-refractivity contribution in [2.24, 2.45) is 5.14 Å². The molecule has 2 aromatic carbocycles. The largest absolute Gasteiger partial charge is 0.486 e. The highest BCUT2D eigenvalue weighted by Crippen LogP contribution is 2.33. The van der Waals surface area contributed by atoms with E-state index in [1.54, 1.807) is 18.2 Å². The van der Waals surface area contributed by atoms with Gasteiger partial charge in [-0.05, 0) is 36.2 Å². The van der Waals surface area contributed by atoms with Crippen LogP contribution in [-0.4, -0.2) is 84.4 Å². The van der Waals surface area contributed by atoms with E-state index < -0.39 is 20.0 Å². The molecule has 11 nitrogen and oxygen atoms in total. The van der Waals surface area contributed by atoms with E-state index in [0.29, 0.717) is 50.8 Å². The number of piperazine rings is 1. The molecule has 1 amide bonds. The van der Waals surface area contributed by atoms with E-state index in [4.69, 9.17) is 14.6 Å². The van der Waals surface area contributed by atoms with Crippen LogP contribution in [0.25, 0.3) is 0 Å². The molecule has 13 heteroatoms. The highest BCUT2D eigenvalue weighted by atomic mass is 32.2. The molecule has 3 N–H and O–H groups in total. The Morgan fingerprint density at radius 1 is 0.886 bits per heavy atom. The average molecular weight is 525 g/mol. The summed E-state index contributed by atoms with van der Waals surface area (Å²) < 4.78 is 61.1. The third-order valence-corrected chi connectivity index (χ3v) is 8.66. The Morgan fingerprint density at radius 2 is 1.51 bits per heavy atom. The molecule has 190 valence electrons. The van der Waals surface area contributed by atoms with Crippen molar-refractivity contribution in [3.63, 3.8) is 0 Å². The molecule has 4 rings (SSSR count). The van der Waals surface area contributed by atoms with Gasteiger partial charge in [0.05, 0.1) is 16.3 Å². The quantitative estimate of drug-likeness (QED) is 0.481. The first-order valence-electron chi connectivity index (χ1n) is 11.1. The van der Waals surface area contributed by atoms with Gasteiger partial charge >= 0.3 is 0 Å². The fourth-order valence-electron chi connectivity index (χ4n) is 3.91. The van der Waals surface area contributed by atoms with Crippen molar-refractivity contribution in [1.82, 2.24) is 14.5 Å². The van der Waals surface area contributed by atoms with Crippen LogP contribution < -0.4 is 19.9 Å². The first-order valence-corrected chi connectivity index (χ1v) is 14.1. The van der Waals surface area contributed by atoms with Gasteiger partial charge < -0.3 is 14.8 Å². The second-order valence-corrected chi connectivity index (χ2v) is 11.8. The smallest absolute Gasteiger partial charge is 0.243 e. The van der Waals surface area contributed by atoms with Crippen molar-refractivity contribution < 1.29 is 31.1 Å². The van der Waals surface area contributed by atoms with Crippen LogP contribution in [0.3, 0.4) is 0 Å². The number of carbonyl (C=O) groups is 1. The van der Waals surface area contributed by atoms with Crippen LogP contribution >= 0.6 is 0 Å². The van der Waals surface area contributed by atoms with E-state index in [9.17, 15) is 21.6 Å². The third-order valence-electron chi connectivity index (χ3n) is 5.84. The van der Waals surface area contributed by atoms with Crippen molar-refractivity contribution in [2.75, 3.05) is 52.5 Å². The monoisotopic (exact) mass is 524 g/mol. The van der Waals surface area contributed by atoms with Gasteiger partial charge in [-0.2, -0.15) is 4.31 Å². The van der Waals surface area contributed by atoms with Crippen LogP contribution in [-0.2, 0) is 31.3 Å². The molecule has 0 bridgehead atoms. The van der Waals surface area contributed by atoms with Crippen molar-refractivity contribution in [2.45, 2.75) is 16.2 Å². The molecule has 0 radical (unpaired) electrons. The van der Waals surface area contributed by atoms with E-state index in [2.05, 4.69) is 5.32 Å². The molecule has 0 saturated carbocycles. The molecule has 2 aliphatic rings. The summed E-state index contributed by atoms with van der Waals surface area (Å²) in [5.41, 5.74) is 0.871. The Labute approximate surface area is 204 Å². The zero-order valence-corrected chi connectivity index (χ0v) is 20.7. The lowest BCUT2D eigenvalue weighted by Gasteiger charge is -2.33. The molecule has 0 unspecified atom stereocenters. The van der Waals surface area contributed by atoms with Crippen molar-refractivity contribution in [3.05, 3.63) is 48.0 Å². The third kappa shape index (κ3) is 6.30. The molecule has 2 aliphatic heterocycles. The molecule has 0 spiro atoms. The zero-order chi connectivity index (χ0) is 25.1. The Morgan fingerprint density at radius 3 is 2.17 bits per heavy atom. The van der Waals surface area contributed by atoms with E-state index in [1.165, 1.54) is 28.6 Å². The number of amides is 1. The van der Waals surface area contributed by atoms with E-state index in [0.717, 1.165) is 5.56 Å². The maximum atomic E-state index is 13.0. The normalized spacial score (nSPS) is 17.2. The molecule has 0 aliphatic carbocycles. The van der Waals surface area contributed by atoms with Gasteiger partial charge in [0.25, 0.3) is 0 Å². The number of hydrogen-bond donors (Lipinski definition) is 2. The van der Waals surface area contributed by atoms with Gasteiger partial charge in [-0.15, -0.1) is 0 Å². The molecule has 0 aromatic heterocycles. The number of hydrogen-bond acceptors (Lipinski definition) is 8. The van der Waals surface area contributed by atoms with Crippen LogP contribution in [0.15, 0.2) is 52.3 Å². The summed E-state index contributed by atoms with van der Waals surface area (Å²) in [5.74, 6) is 0.800. The molecular formula is C22H28N4O7S2. The van der Waals surface area contributed by atoms with E-state index in [-0.39, 0.29) is 35.3 Å². The number of sulfonamides is 2. The number of primary sulfonamides is 1. The van der Waals surface area contributed by atoms with Crippen molar-refractivity contribution in [3.8, 4) is 11.5 Å². The summed E-state index contributed by atoms with van der Waals surface area (Å²) in [6.45, 7) is 2.80. The minimum Gasteiger partial charge on any atom is -0.486 e. The maximum Gasteiger partial charge on any atom is 0.243 e. The van der Waals surface area contributed by atoms with E-state index >= 15 is 0 Å². The molecule has 2 heterocycles.